The lowest BCUT2D eigenvalue weighted by molar-refractivity contribution is -0.111. The zero-order valence-electron chi connectivity index (χ0n) is 18.3. The number of methoxy groups -OCH3 is 2. The molecule has 0 aromatic heterocycles. The van der Waals surface area contributed by atoms with E-state index in [0.717, 1.165) is 16.7 Å². The number of carbonyl (C=O) groups is 2. The maximum Gasteiger partial charge on any atom is 0.337 e. The van der Waals surface area contributed by atoms with E-state index in [1.165, 1.54) is 13.2 Å². The lowest BCUT2D eigenvalue weighted by Crippen LogP contribution is -2.08. The summed E-state index contributed by atoms with van der Waals surface area (Å²) in [7, 11) is 2.90. The van der Waals surface area contributed by atoms with Gasteiger partial charge in [-0.1, -0.05) is 30.3 Å². The van der Waals surface area contributed by atoms with Gasteiger partial charge in [0, 0.05) is 11.8 Å². The molecule has 3 rings (SSSR count). The summed E-state index contributed by atoms with van der Waals surface area (Å²) >= 11 is 0. The summed E-state index contributed by atoms with van der Waals surface area (Å²) in [6, 6.07) is 20.0. The molecule has 164 valence electrons. The molecule has 0 radical (unpaired) electrons. The Morgan fingerprint density at radius 2 is 1.69 bits per heavy atom. The maximum absolute atomic E-state index is 12.2. The minimum atomic E-state index is -0.428. The van der Waals surface area contributed by atoms with E-state index < -0.39 is 5.97 Å². The Balaban J connectivity index is 1.62. The number of amides is 1. The van der Waals surface area contributed by atoms with Gasteiger partial charge in [-0.25, -0.2) is 4.79 Å². The van der Waals surface area contributed by atoms with Crippen molar-refractivity contribution in [2.24, 2.45) is 0 Å². The van der Waals surface area contributed by atoms with E-state index in [1.54, 1.807) is 37.5 Å². The van der Waals surface area contributed by atoms with Gasteiger partial charge in [-0.3, -0.25) is 4.79 Å². The summed E-state index contributed by atoms with van der Waals surface area (Å²) in [4.78, 5) is 23.7. The van der Waals surface area contributed by atoms with E-state index in [0.29, 0.717) is 29.4 Å². The molecule has 0 aliphatic heterocycles. The van der Waals surface area contributed by atoms with Crippen LogP contribution in [0, 0.1) is 6.92 Å². The predicted octanol–water partition coefficient (Wildman–Crippen LogP) is 5.02. The molecule has 0 fully saturated rings. The fraction of sp³-hybridized carbons (Fsp3) is 0.154. The monoisotopic (exact) mass is 431 g/mol. The Kier molecular flexibility index (Phi) is 7.65. The molecular weight excluding hydrogens is 406 g/mol. The number of hydrogen-bond donors (Lipinski definition) is 1. The summed E-state index contributed by atoms with van der Waals surface area (Å²) < 4.78 is 16.0. The van der Waals surface area contributed by atoms with Crippen molar-refractivity contribution in [3.8, 4) is 11.5 Å². The molecule has 0 saturated heterocycles. The normalized spacial score (nSPS) is 10.6. The van der Waals surface area contributed by atoms with Crippen LogP contribution in [0.4, 0.5) is 5.69 Å². The molecule has 0 heterocycles. The Morgan fingerprint density at radius 1 is 0.938 bits per heavy atom. The van der Waals surface area contributed by atoms with E-state index >= 15 is 0 Å². The third kappa shape index (κ3) is 5.98. The zero-order valence-corrected chi connectivity index (χ0v) is 18.3. The van der Waals surface area contributed by atoms with E-state index in [2.05, 4.69) is 10.1 Å². The molecule has 3 aromatic carbocycles. The third-order valence-corrected chi connectivity index (χ3v) is 4.83. The highest BCUT2D eigenvalue weighted by Crippen LogP contribution is 2.29. The highest BCUT2D eigenvalue weighted by molar-refractivity contribution is 6.02. The standard InChI is InChI=1S/C26H25NO5/c1-18-6-4-5-7-21(18)17-32-23-14-8-19(16-24(23)30-2)9-15-25(28)27-22-12-10-20(11-13-22)26(29)31-3/h4-16H,17H2,1-3H3,(H,27,28)/b15-9+. The maximum atomic E-state index is 12.2. The van der Waals surface area contributed by atoms with Gasteiger partial charge in [0.1, 0.15) is 6.61 Å². The van der Waals surface area contributed by atoms with Gasteiger partial charge >= 0.3 is 5.97 Å². The average Bonchev–Trinajstić information content (AvgIpc) is 2.82. The number of esters is 1. The van der Waals surface area contributed by atoms with Gasteiger partial charge in [-0.2, -0.15) is 0 Å². The molecule has 0 bridgehead atoms. The fourth-order valence-corrected chi connectivity index (χ4v) is 3.00. The topological polar surface area (TPSA) is 73.9 Å². The Labute approximate surface area is 187 Å². The van der Waals surface area contributed by atoms with Crippen LogP contribution < -0.4 is 14.8 Å². The van der Waals surface area contributed by atoms with Crippen LogP contribution in [0.3, 0.4) is 0 Å². The van der Waals surface area contributed by atoms with Crippen molar-refractivity contribution in [2.75, 3.05) is 19.5 Å². The summed E-state index contributed by atoms with van der Waals surface area (Å²) in [5, 5.41) is 2.75. The van der Waals surface area contributed by atoms with Crippen LogP contribution in [-0.4, -0.2) is 26.1 Å². The number of nitrogens with one attached hydrogen (secondary N) is 1. The van der Waals surface area contributed by atoms with Crippen molar-refractivity contribution in [1.29, 1.82) is 0 Å². The quantitative estimate of drug-likeness (QED) is 0.400. The molecule has 1 amide bonds. The molecule has 1 N–H and O–H groups in total. The molecule has 0 unspecified atom stereocenters. The Hall–Kier alpha value is -4.06. The van der Waals surface area contributed by atoms with Crippen LogP contribution in [0.2, 0.25) is 0 Å². The van der Waals surface area contributed by atoms with Crippen LogP contribution in [-0.2, 0) is 16.1 Å². The minimum Gasteiger partial charge on any atom is -0.493 e. The fourth-order valence-electron chi connectivity index (χ4n) is 3.00. The molecular formula is C26H25NO5. The van der Waals surface area contributed by atoms with E-state index in [-0.39, 0.29) is 5.91 Å². The van der Waals surface area contributed by atoms with Crippen LogP contribution in [0.5, 0.6) is 11.5 Å². The number of hydrogen-bond acceptors (Lipinski definition) is 5. The second kappa shape index (κ2) is 10.8. The van der Waals surface area contributed by atoms with Crippen molar-refractivity contribution >= 4 is 23.6 Å². The number of ether oxygens (including phenoxy) is 3. The number of anilines is 1. The largest absolute Gasteiger partial charge is 0.493 e. The van der Waals surface area contributed by atoms with Crippen LogP contribution >= 0.6 is 0 Å². The molecule has 0 atom stereocenters. The molecule has 3 aromatic rings. The molecule has 0 saturated carbocycles. The second-order valence-corrected chi connectivity index (χ2v) is 7.02. The number of rotatable bonds is 8. The van der Waals surface area contributed by atoms with Crippen molar-refractivity contribution in [3.63, 3.8) is 0 Å². The molecule has 32 heavy (non-hydrogen) atoms. The number of carbonyl (C=O) groups excluding carboxylic acids is 2. The van der Waals surface area contributed by atoms with Gasteiger partial charge in [0.2, 0.25) is 5.91 Å². The highest BCUT2D eigenvalue weighted by Gasteiger charge is 2.08. The van der Waals surface area contributed by atoms with Crippen LogP contribution in [0.15, 0.2) is 72.8 Å². The average molecular weight is 431 g/mol. The van der Waals surface area contributed by atoms with Crippen molar-refractivity contribution < 1.29 is 23.8 Å². The second-order valence-electron chi connectivity index (χ2n) is 7.02. The summed E-state index contributed by atoms with van der Waals surface area (Å²) in [6.45, 7) is 2.48. The first-order chi connectivity index (χ1) is 15.5. The van der Waals surface area contributed by atoms with Crippen LogP contribution in [0.1, 0.15) is 27.0 Å². The van der Waals surface area contributed by atoms with Gasteiger partial charge in [0.25, 0.3) is 0 Å². The summed E-state index contributed by atoms with van der Waals surface area (Å²) in [6.07, 6.45) is 3.11. The SMILES string of the molecule is COC(=O)c1ccc(NC(=O)/C=C/c2ccc(OCc3ccccc3C)c(OC)c2)cc1. The van der Waals surface area contributed by atoms with Gasteiger partial charge in [-0.15, -0.1) is 0 Å². The van der Waals surface area contributed by atoms with E-state index in [1.807, 2.05) is 49.4 Å². The van der Waals surface area contributed by atoms with Crippen molar-refractivity contribution in [1.82, 2.24) is 0 Å². The van der Waals surface area contributed by atoms with E-state index in [4.69, 9.17) is 9.47 Å². The summed E-state index contributed by atoms with van der Waals surface area (Å²) in [5.74, 6) is 0.486. The first-order valence-corrected chi connectivity index (χ1v) is 10.0. The molecule has 0 aliphatic rings. The minimum absolute atomic E-state index is 0.297. The molecule has 0 aliphatic carbocycles. The van der Waals surface area contributed by atoms with E-state index in [9.17, 15) is 9.59 Å². The lowest BCUT2D eigenvalue weighted by atomic mass is 10.1. The molecule has 0 spiro atoms. The third-order valence-electron chi connectivity index (χ3n) is 4.83. The van der Waals surface area contributed by atoms with Crippen LogP contribution in [0.25, 0.3) is 6.08 Å². The molecule has 6 nitrogen and oxygen atoms in total. The Morgan fingerprint density at radius 3 is 2.38 bits per heavy atom. The first kappa shape index (κ1) is 22.6. The summed E-state index contributed by atoms with van der Waals surface area (Å²) in [5.41, 5.74) is 4.05. The smallest absolute Gasteiger partial charge is 0.337 e. The van der Waals surface area contributed by atoms with Crippen molar-refractivity contribution in [3.05, 3.63) is 95.1 Å². The van der Waals surface area contributed by atoms with Crippen molar-refractivity contribution in [2.45, 2.75) is 13.5 Å². The number of benzene rings is 3. The first-order valence-electron chi connectivity index (χ1n) is 10.0. The van der Waals surface area contributed by atoms with Gasteiger partial charge in [0.05, 0.1) is 19.8 Å². The predicted molar refractivity (Wildman–Crippen MR) is 124 cm³/mol. The van der Waals surface area contributed by atoms with Gasteiger partial charge in [0.15, 0.2) is 11.5 Å². The van der Waals surface area contributed by atoms with Gasteiger partial charge in [-0.05, 0) is 66.1 Å². The molecule has 6 heteroatoms. The van der Waals surface area contributed by atoms with Gasteiger partial charge < -0.3 is 19.5 Å². The lowest BCUT2D eigenvalue weighted by Gasteiger charge is -2.12. The Bertz CT molecular complexity index is 1120. The highest BCUT2D eigenvalue weighted by atomic mass is 16.5. The zero-order chi connectivity index (χ0) is 22.9. The number of aryl methyl sites for hydroxylation is 1.